The maximum Gasteiger partial charge on any atom is 0.243 e. The summed E-state index contributed by atoms with van der Waals surface area (Å²) in [6.45, 7) is 7.25. The number of hydrogen-bond acceptors (Lipinski definition) is 4. The highest BCUT2D eigenvalue weighted by molar-refractivity contribution is 5.87. The van der Waals surface area contributed by atoms with E-state index in [1.807, 2.05) is 44.2 Å². The lowest BCUT2D eigenvalue weighted by atomic mass is 10.1. The number of ether oxygens (including phenoxy) is 1. The van der Waals surface area contributed by atoms with Gasteiger partial charge in [-0.2, -0.15) is 0 Å². The van der Waals surface area contributed by atoms with Gasteiger partial charge in [0.1, 0.15) is 5.75 Å². The van der Waals surface area contributed by atoms with E-state index >= 15 is 0 Å². The number of nitrogens with one attached hydrogen (secondary N) is 1. The first-order chi connectivity index (χ1) is 10.5. The summed E-state index contributed by atoms with van der Waals surface area (Å²) in [7, 11) is 0. The van der Waals surface area contributed by atoms with Gasteiger partial charge in [-0.05, 0) is 49.2 Å². The van der Waals surface area contributed by atoms with Crippen LogP contribution in [0.25, 0.3) is 0 Å². The van der Waals surface area contributed by atoms with Crippen LogP contribution in [0.15, 0.2) is 49.2 Å². The second-order valence-electron chi connectivity index (χ2n) is 5.01. The molecule has 0 aliphatic heterocycles. The monoisotopic (exact) mass is 297 g/mol. The molecule has 1 atom stereocenters. The molecule has 0 aliphatic carbocycles. The summed E-state index contributed by atoms with van der Waals surface area (Å²) < 4.78 is 5.66. The molecular weight excluding hydrogens is 278 g/mol. The Kier molecular flexibility index (Phi) is 4.78. The largest absolute Gasteiger partial charge is 0.437 e. The van der Waals surface area contributed by atoms with Gasteiger partial charge in [-0.1, -0.05) is 18.7 Å². The van der Waals surface area contributed by atoms with Gasteiger partial charge >= 0.3 is 0 Å². The molecular formula is C17H19N3O2. The second-order valence-corrected chi connectivity index (χ2v) is 5.01. The highest BCUT2D eigenvalue weighted by Crippen LogP contribution is 2.26. The first-order valence-corrected chi connectivity index (χ1v) is 6.92. The average Bonchev–Trinajstić information content (AvgIpc) is 2.50. The van der Waals surface area contributed by atoms with Gasteiger partial charge in [0.2, 0.25) is 11.8 Å². The molecule has 2 aromatic rings. The van der Waals surface area contributed by atoms with Crippen LogP contribution in [0.1, 0.15) is 24.1 Å². The van der Waals surface area contributed by atoms with E-state index < -0.39 is 0 Å². The molecule has 0 saturated heterocycles. The number of pyridine rings is 1. The third-order valence-corrected chi connectivity index (χ3v) is 3.15. The van der Waals surface area contributed by atoms with Gasteiger partial charge in [-0.25, -0.2) is 4.98 Å². The maximum absolute atomic E-state index is 11.3. The molecule has 22 heavy (non-hydrogen) atoms. The summed E-state index contributed by atoms with van der Waals surface area (Å²) in [5.74, 6) is 0.810. The van der Waals surface area contributed by atoms with E-state index in [0.29, 0.717) is 17.3 Å². The van der Waals surface area contributed by atoms with Crippen molar-refractivity contribution in [3.05, 3.63) is 60.3 Å². The molecule has 1 unspecified atom stereocenters. The molecule has 5 heteroatoms. The first-order valence-electron chi connectivity index (χ1n) is 6.92. The molecule has 1 aromatic carbocycles. The van der Waals surface area contributed by atoms with Crippen LogP contribution in [0.3, 0.4) is 0 Å². The molecule has 0 fully saturated rings. The molecule has 0 bridgehead atoms. The molecule has 0 saturated carbocycles. The Morgan fingerprint density at radius 3 is 2.68 bits per heavy atom. The number of nitrogen functional groups attached to an aromatic ring is 1. The Bertz CT molecular complexity index is 681. The minimum atomic E-state index is -0.204. The summed E-state index contributed by atoms with van der Waals surface area (Å²) >= 11 is 0. The standard InChI is InChI=1S/C17H19N3O2/c1-4-16(21)20-12(3)13-5-7-14(8-6-13)22-17-15(18)9-11(2)10-19-17/h4-10,12H,1,18H2,2-3H3,(H,20,21). The fourth-order valence-electron chi connectivity index (χ4n) is 1.96. The number of aromatic nitrogens is 1. The number of anilines is 1. The molecule has 1 aromatic heterocycles. The lowest BCUT2D eigenvalue weighted by molar-refractivity contribution is -0.117. The number of aryl methyl sites for hydroxylation is 1. The number of carbonyl (C=O) groups is 1. The van der Waals surface area contributed by atoms with Crippen LogP contribution in [-0.2, 0) is 4.79 Å². The predicted octanol–water partition coefficient (Wildman–Crippen LogP) is 3.13. The smallest absolute Gasteiger partial charge is 0.243 e. The van der Waals surface area contributed by atoms with E-state index in [4.69, 9.17) is 10.5 Å². The molecule has 0 aliphatic rings. The molecule has 0 spiro atoms. The quantitative estimate of drug-likeness (QED) is 0.831. The molecule has 114 valence electrons. The zero-order valence-electron chi connectivity index (χ0n) is 12.7. The van der Waals surface area contributed by atoms with Gasteiger partial charge in [0.05, 0.1) is 11.7 Å². The summed E-state index contributed by atoms with van der Waals surface area (Å²) in [4.78, 5) is 15.5. The van der Waals surface area contributed by atoms with Gasteiger partial charge in [-0.3, -0.25) is 4.79 Å². The molecule has 0 radical (unpaired) electrons. The number of carbonyl (C=O) groups excluding carboxylic acids is 1. The molecule has 1 amide bonds. The maximum atomic E-state index is 11.3. The Morgan fingerprint density at radius 2 is 2.09 bits per heavy atom. The number of hydrogen-bond donors (Lipinski definition) is 2. The zero-order valence-corrected chi connectivity index (χ0v) is 12.7. The fourth-order valence-corrected chi connectivity index (χ4v) is 1.96. The summed E-state index contributed by atoms with van der Waals surface area (Å²) in [6.07, 6.45) is 2.95. The van der Waals surface area contributed by atoms with Crippen LogP contribution in [0.5, 0.6) is 11.6 Å². The van der Waals surface area contributed by atoms with Gasteiger partial charge in [-0.15, -0.1) is 0 Å². The van der Waals surface area contributed by atoms with E-state index in [1.165, 1.54) is 6.08 Å². The van der Waals surface area contributed by atoms with Crippen molar-refractivity contribution in [2.75, 3.05) is 5.73 Å². The average molecular weight is 297 g/mol. The highest BCUT2D eigenvalue weighted by atomic mass is 16.5. The van der Waals surface area contributed by atoms with Crippen molar-refractivity contribution in [1.82, 2.24) is 10.3 Å². The normalized spacial score (nSPS) is 11.5. The number of benzene rings is 1. The van der Waals surface area contributed by atoms with E-state index in [9.17, 15) is 4.79 Å². The molecule has 2 rings (SSSR count). The third-order valence-electron chi connectivity index (χ3n) is 3.15. The Labute approximate surface area is 129 Å². The van der Waals surface area contributed by atoms with Crippen molar-refractivity contribution >= 4 is 11.6 Å². The van der Waals surface area contributed by atoms with Crippen LogP contribution in [0.4, 0.5) is 5.69 Å². The van der Waals surface area contributed by atoms with Crippen molar-refractivity contribution in [1.29, 1.82) is 0 Å². The van der Waals surface area contributed by atoms with E-state index in [0.717, 1.165) is 11.1 Å². The van der Waals surface area contributed by atoms with E-state index in [1.54, 1.807) is 6.20 Å². The SMILES string of the molecule is C=CC(=O)NC(C)c1ccc(Oc2ncc(C)cc2N)cc1. The van der Waals surface area contributed by atoms with Crippen LogP contribution in [0.2, 0.25) is 0 Å². The van der Waals surface area contributed by atoms with Gasteiger partial charge in [0.25, 0.3) is 0 Å². The number of rotatable bonds is 5. The Hall–Kier alpha value is -2.82. The number of amides is 1. The van der Waals surface area contributed by atoms with Gasteiger partial charge in [0.15, 0.2) is 0 Å². The first kappa shape index (κ1) is 15.6. The van der Waals surface area contributed by atoms with Crippen molar-refractivity contribution in [2.45, 2.75) is 19.9 Å². The second kappa shape index (κ2) is 6.76. The van der Waals surface area contributed by atoms with Crippen molar-refractivity contribution < 1.29 is 9.53 Å². The topological polar surface area (TPSA) is 77.2 Å². The molecule has 1 heterocycles. The van der Waals surface area contributed by atoms with Gasteiger partial charge < -0.3 is 15.8 Å². The van der Waals surface area contributed by atoms with Gasteiger partial charge in [0, 0.05) is 6.20 Å². The number of nitrogens with zero attached hydrogens (tertiary/aromatic N) is 1. The van der Waals surface area contributed by atoms with Crippen LogP contribution in [0, 0.1) is 6.92 Å². The van der Waals surface area contributed by atoms with Crippen molar-refractivity contribution in [2.24, 2.45) is 0 Å². The van der Waals surface area contributed by atoms with Crippen LogP contribution in [-0.4, -0.2) is 10.9 Å². The minimum Gasteiger partial charge on any atom is -0.437 e. The lowest BCUT2D eigenvalue weighted by Crippen LogP contribution is -2.24. The molecule has 3 N–H and O–H groups in total. The predicted molar refractivity (Wildman–Crippen MR) is 86.7 cm³/mol. The highest BCUT2D eigenvalue weighted by Gasteiger charge is 2.08. The lowest BCUT2D eigenvalue weighted by Gasteiger charge is -2.14. The number of nitrogens with two attached hydrogens (primary N) is 1. The summed E-state index contributed by atoms with van der Waals surface area (Å²) in [5.41, 5.74) is 8.31. The third kappa shape index (κ3) is 3.85. The molecule has 5 nitrogen and oxygen atoms in total. The zero-order chi connectivity index (χ0) is 16.1. The van der Waals surface area contributed by atoms with Crippen molar-refractivity contribution in [3.63, 3.8) is 0 Å². The minimum absolute atomic E-state index is 0.109. The van der Waals surface area contributed by atoms with Crippen molar-refractivity contribution in [3.8, 4) is 11.6 Å². The summed E-state index contributed by atoms with van der Waals surface area (Å²) in [6, 6.07) is 9.09. The van der Waals surface area contributed by atoms with E-state index in [-0.39, 0.29) is 11.9 Å². The van der Waals surface area contributed by atoms with Crippen LogP contribution < -0.4 is 15.8 Å². The Morgan fingerprint density at radius 1 is 1.41 bits per heavy atom. The summed E-state index contributed by atoms with van der Waals surface area (Å²) in [5, 5.41) is 2.80. The fraction of sp³-hybridized carbons (Fsp3) is 0.176. The van der Waals surface area contributed by atoms with E-state index in [2.05, 4.69) is 16.9 Å². The van der Waals surface area contributed by atoms with Crippen LogP contribution >= 0.6 is 0 Å². The Balaban J connectivity index is 2.08.